The maximum Gasteiger partial charge on any atom is 0.342 e. The standard InChI is InChI=1S/C21H20FNO5/c22-20(18(24)25)15-10-16(21(23,17(15)20)19(26)27)28-11-12-6-8-14(9-7-12)13-4-2-1-3-5-13/h1-9,15-17H,10-11,23H2,(H,24,25)(H,26,27)/t15?,16?,17?,20-,21+/m1/s1. The first kappa shape index (κ1) is 18.6. The molecule has 2 aliphatic carbocycles. The first-order valence-electron chi connectivity index (χ1n) is 9.00. The van der Waals surface area contributed by atoms with Crippen molar-refractivity contribution in [3.05, 3.63) is 60.2 Å². The van der Waals surface area contributed by atoms with Crippen LogP contribution in [0.1, 0.15) is 12.0 Å². The van der Waals surface area contributed by atoms with Gasteiger partial charge in [0.1, 0.15) is 5.54 Å². The molecule has 0 radical (unpaired) electrons. The Morgan fingerprint density at radius 1 is 1.04 bits per heavy atom. The molecule has 4 N–H and O–H groups in total. The van der Waals surface area contributed by atoms with Crippen molar-refractivity contribution in [2.24, 2.45) is 17.6 Å². The normalized spacial score (nSPS) is 33.3. The molecule has 2 aliphatic rings. The molecule has 0 aromatic heterocycles. The zero-order valence-electron chi connectivity index (χ0n) is 14.9. The molecule has 3 unspecified atom stereocenters. The molecule has 28 heavy (non-hydrogen) atoms. The van der Waals surface area contributed by atoms with Crippen molar-refractivity contribution in [3.63, 3.8) is 0 Å². The summed E-state index contributed by atoms with van der Waals surface area (Å²) in [5.41, 5.74) is 4.28. The molecular weight excluding hydrogens is 365 g/mol. The van der Waals surface area contributed by atoms with E-state index in [2.05, 4.69) is 0 Å². The summed E-state index contributed by atoms with van der Waals surface area (Å²) >= 11 is 0. The topological polar surface area (TPSA) is 110 Å². The Balaban J connectivity index is 1.45. The number of alkyl halides is 1. The second kappa shape index (κ2) is 6.39. The molecule has 6 nitrogen and oxygen atoms in total. The number of carboxylic acids is 2. The molecule has 0 spiro atoms. The molecule has 2 fully saturated rings. The number of hydrogen-bond donors (Lipinski definition) is 3. The second-order valence-electron chi connectivity index (χ2n) is 7.49. The molecule has 0 heterocycles. The van der Waals surface area contributed by atoms with Gasteiger partial charge in [-0.2, -0.15) is 0 Å². The number of benzene rings is 2. The summed E-state index contributed by atoms with van der Waals surface area (Å²) in [6.45, 7) is 0.109. The third-order valence-electron chi connectivity index (χ3n) is 6.01. The average molecular weight is 385 g/mol. The lowest BCUT2D eigenvalue weighted by Gasteiger charge is -2.31. The van der Waals surface area contributed by atoms with Crippen LogP contribution in [0.5, 0.6) is 0 Å². The van der Waals surface area contributed by atoms with E-state index in [1.54, 1.807) is 0 Å². The van der Waals surface area contributed by atoms with E-state index in [0.29, 0.717) is 0 Å². The SMILES string of the molecule is N[C@@]1(C(=O)O)C(OCc2ccc(-c3ccccc3)cc2)CC2C1[C@@]2(F)C(=O)O. The van der Waals surface area contributed by atoms with Crippen LogP contribution in [-0.4, -0.2) is 39.5 Å². The highest BCUT2D eigenvalue weighted by atomic mass is 19.1. The van der Waals surface area contributed by atoms with Gasteiger partial charge in [-0.15, -0.1) is 0 Å². The van der Waals surface area contributed by atoms with Crippen molar-refractivity contribution in [1.29, 1.82) is 0 Å². The van der Waals surface area contributed by atoms with Crippen molar-refractivity contribution < 1.29 is 28.9 Å². The van der Waals surface area contributed by atoms with Crippen LogP contribution in [0.3, 0.4) is 0 Å². The van der Waals surface area contributed by atoms with Crippen molar-refractivity contribution in [1.82, 2.24) is 0 Å². The third kappa shape index (κ3) is 2.62. The molecule has 2 saturated carbocycles. The molecule has 0 aliphatic heterocycles. The highest BCUT2D eigenvalue weighted by Gasteiger charge is 2.85. The molecular formula is C21H20FNO5. The number of ether oxygens (including phenoxy) is 1. The van der Waals surface area contributed by atoms with Crippen molar-refractivity contribution >= 4 is 11.9 Å². The molecule has 2 aromatic rings. The van der Waals surface area contributed by atoms with Crippen molar-refractivity contribution in [2.75, 3.05) is 0 Å². The van der Waals surface area contributed by atoms with Crippen LogP contribution in [0.25, 0.3) is 11.1 Å². The number of rotatable bonds is 6. The fourth-order valence-electron chi connectivity index (χ4n) is 4.43. The van der Waals surface area contributed by atoms with Gasteiger partial charge in [-0.25, -0.2) is 9.18 Å². The number of halogens is 1. The number of fused-ring (bicyclic) bond motifs is 1. The van der Waals surface area contributed by atoms with Gasteiger partial charge in [-0.3, -0.25) is 4.79 Å². The fraction of sp³-hybridized carbons (Fsp3) is 0.333. The Hall–Kier alpha value is -2.77. The molecule has 0 amide bonds. The molecule has 4 rings (SSSR count). The van der Waals surface area contributed by atoms with E-state index in [1.807, 2.05) is 54.6 Å². The molecule has 2 aromatic carbocycles. The maximum atomic E-state index is 14.5. The minimum Gasteiger partial charge on any atom is -0.480 e. The zero-order valence-corrected chi connectivity index (χ0v) is 14.9. The van der Waals surface area contributed by atoms with E-state index in [-0.39, 0.29) is 13.0 Å². The zero-order chi connectivity index (χ0) is 20.1. The maximum absolute atomic E-state index is 14.5. The van der Waals surface area contributed by atoms with E-state index in [4.69, 9.17) is 15.6 Å². The summed E-state index contributed by atoms with van der Waals surface area (Å²) in [7, 11) is 0. The number of hydrogen-bond acceptors (Lipinski definition) is 4. The highest BCUT2D eigenvalue weighted by molar-refractivity contribution is 5.90. The summed E-state index contributed by atoms with van der Waals surface area (Å²) < 4.78 is 20.3. The van der Waals surface area contributed by atoms with Gasteiger partial charge in [0, 0.05) is 11.8 Å². The van der Waals surface area contributed by atoms with Gasteiger partial charge in [0.15, 0.2) is 0 Å². The lowest BCUT2D eigenvalue weighted by atomic mass is 9.88. The van der Waals surface area contributed by atoms with Crippen LogP contribution in [-0.2, 0) is 20.9 Å². The minimum absolute atomic E-state index is 0.0294. The molecule has 146 valence electrons. The second-order valence-corrected chi connectivity index (χ2v) is 7.49. The summed E-state index contributed by atoms with van der Waals surface area (Å²) in [6, 6.07) is 17.4. The molecule has 5 atom stereocenters. The summed E-state index contributed by atoms with van der Waals surface area (Å²) in [5.74, 6) is -5.31. The summed E-state index contributed by atoms with van der Waals surface area (Å²) in [6.07, 6.45) is -0.977. The van der Waals surface area contributed by atoms with Crippen LogP contribution in [0, 0.1) is 11.8 Å². The van der Waals surface area contributed by atoms with Gasteiger partial charge in [0.2, 0.25) is 5.67 Å². The van der Waals surface area contributed by atoms with Crippen LogP contribution in [0.4, 0.5) is 4.39 Å². The highest BCUT2D eigenvalue weighted by Crippen LogP contribution is 2.67. The van der Waals surface area contributed by atoms with Crippen LogP contribution >= 0.6 is 0 Å². The monoisotopic (exact) mass is 385 g/mol. The molecule has 7 heteroatoms. The van der Waals surface area contributed by atoms with Gasteiger partial charge in [0.05, 0.1) is 12.7 Å². The van der Waals surface area contributed by atoms with Crippen molar-refractivity contribution in [3.8, 4) is 11.1 Å². The Bertz CT molecular complexity index is 918. The first-order chi connectivity index (χ1) is 13.3. The largest absolute Gasteiger partial charge is 0.480 e. The van der Waals surface area contributed by atoms with E-state index in [0.717, 1.165) is 16.7 Å². The predicted molar refractivity (Wildman–Crippen MR) is 98.1 cm³/mol. The van der Waals surface area contributed by atoms with Gasteiger partial charge < -0.3 is 20.7 Å². The van der Waals surface area contributed by atoms with E-state index < -0.39 is 41.1 Å². The summed E-state index contributed by atoms with van der Waals surface area (Å²) in [4.78, 5) is 22.9. The van der Waals surface area contributed by atoms with Gasteiger partial charge in [-0.1, -0.05) is 54.6 Å². The van der Waals surface area contributed by atoms with Crippen molar-refractivity contribution in [2.45, 2.75) is 30.3 Å². The molecule has 0 saturated heterocycles. The first-order valence-corrected chi connectivity index (χ1v) is 9.00. The van der Waals surface area contributed by atoms with Crippen LogP contribution in [0.2, 0.25) is 0 Å². The predicted octanol–water partition coefficient (Wildman–Crippen LogP) is 2.46. The Kier molecular flexibility index (Phi) is 4.24. The van der Waals surface area contributed by atoms with E-state index in [1.165, 1.54) is 0 Å². The third-order valence-corrected chi connectivity index (χ3v) is 6.01. The lowest BCUT2D eigenvalue weighted by molar-refractivity contribution is -0.156. The number of carboxylic acid groups (broad SMARTS) is 2. The number of carbonyl (C=O) groups is 2. The van der Waals surface area contributed by atoms with Gasteiger partial charge in [0.25, 0.3) is 0 Å². The van der Waals surface area contributed by atoms with E-state index >= 15 is 0 Å². The average Bonchev–Trinajstić information content (AvgIpc) is 3.17. The lowest BCUT2D eigenvalue weighted by Crippen LogP contribution is -2.60. The number of aliphatic carboxylic acids is 2. The summed E-state index contributed by atoms with van der Waals surface area (Å²) in [5, 5.41) is 18.6. The molecule has 0 bridgehead atoms. The minimum atomic E-state index is -2.58. The van der Waals surface area contributed by atoms with Crippen LogP contribution < -0.4 is 5.73 Å². The number of nitrogens with two attached hydrogens (primary N) is 1. The van der Waals surface area contributed by atoms with Gasteiger partial charge >= 0.3 is 11.9 Å². The van der Waals surface area contributed by atoms with Crippen LogP contribution in [0.15, 0.2) is 54.6 Å². The Morgan fingerprint density at radius 2 is 1.64 bits per heavy atom. The van der Waals surface area contributed by atoms with Gasteiger partial charge in [-0.05, 0) is 23.1 Å². The Labute approximate surface area is 160 Å². The smallest absolute Gasteiger partial charge is 0.342 e. The van der Waals surface area contributed by atoms with E-state index in [9.17, 15) is 19.1 Å². The Morgan fingerprint density at radius 3 is 2.21 bits per heavy atom. The quantitative estimate of drug-likeness (QED) is 0.705. The fourth-order valence-corrected chi connectivity index (χ4v) is 4.43.